The number of morpholine rings is 1. The van der Waals surface area contributed by atoms with Crippen LogP contribution in [0.4, 0.5) is 5.13 Å². The Morgan fingerprint density at radius 1 is 1.10 bits per heavy atom. The fourth-order valence-corrected chi connectivity index (χ4v) is 5.12. The number of halogens is 2. The van der Waals surface area contributed by atoms with Crippen LogP contribution < -0.4 is 4.90 Å². The Hall–Kier alpha value is -1.32. The average molecular weight is 539 g/mol. The highest BCUT2D eigenvalue weighted by molar-refractivity contribution is 9.10. The van der Waals surface area contributed by atoms with Crippen LogP contribution in [0.5, 0.6) is 0 Å². The predicted octanol–water partition coefficient (Wildman–Crippen LogP) is 5.19. The number of fused-ring (bicyclic) bond motifs is 1. The minimum absolute atomic E-state index is 0.0161. The van der Waals surface area contributed by atoms with Gasteiger partial charge in [0.15, 0.2) is 5.13 Å². The van der Waals surface area contributed by atoms with E-state index in [9.17, 15) is 4.79 Å². The molecule has 0 unspecified atom stereocenters. The first-order chi connectivity index (χ1) is 14.1. The van der Waals surface area contributed by atoms with E-state index >= 15 is 0 Å². The molecule has 8 heteroatoms. The fraction of sp³-hybridized carbons (Fsp3) is 0.333. The zero-order valence-corrected chi connectivity index (χ0v) is 19.8. The number of thiazole rings is 1. The van der Waals surface area contributed by atoms with E-state index in [1.54, 1.807) is 11.3 Å². The van der Waals surface area contributed by atoms with Crippen LogP contribution in [0.25, 0.3) is 10.2 Å². The lowest BCUT2D eigenvalue weighted by Gasteiger charge is -2.27. The highest BCUT2D eigenvalue weighted by atomic mass is 79.9. The van der Waals surface area contributed by atoms with E-state index in [0.717, 1.165) is 63.6 Å². The van der Waals surface area contributed by atoms with Crippen molar-refractivity contribution in [1.82, 2.24) is 9.88 Å². The number of hydrogen-bond donors (Lipinski definition) is 0. The van der Waals surface area contributed by atoms with E-state index in [0.29, 0.717) is 12.1 Å². The third kappa shape index (κ3) is 5.24. The Balaban J connectivity index is 1.56. The number of hydrogen-bond acceptors (Lipinski definition) is 5. The number of ether oxygens (including phenoxy) is 1. The maximum absolute atomic E-state index is 13.3. The zero-order valence-electron chi connectivity index (χ0n) is 15.8. The van der Waals surface area contributed by atoms with Gasteiger partial charge in [0.1, 0.15) is 0 Å². The van der Waals surface area contributed by atoms with Gasteiger partial charge in [0, 0.05) is 40.7 Å². The molecular formula is C21H21Br2N3O2S. The molecule has 0 spiro atoms. The van der Waals surface area contributed by atoms with Crippen LogP contribution >= 0.6 is 43.2 Å². The second-order valence-corrected chi connectivity index (χ2v) is 9.72. The largest absolute Gasteiger partial charge is 0.379 e. The van der Waals surface area contributed by atoms with Crippen molar-refractivity contribution in [2.24, 2.45) is 0 Å². The SMILES string of the molecule is O=C(c1ccc(Br)cc1)N(CCCN1CCOCC1)c1nc2ccc(Br)cc2s1. The molecule has 5 nitrogen and oxygen atoms in total. The van der Waals surface area contributed by atoms with Crippen molar-refractivity contribution in [3.63, 3.8) is 0 Å². The summed E-state index contributed by atoms with van der Waals surface area (Å²) in [6.45, 7) is 5.06. The summed E-state index contributed by atoms with van der Waals surface area (Å²) in [7, 11) is 0. The molecule has 2 heterocycles. The molecule has 0 radical (unpaired) electrons. The van der Waals surface area contributed by atoms with Gasteiger partial charge in [-0.15, -0.1) is 0 Å². The van der Waals surface area contributed by atoms with Gasteiger partial charge in [-0.25, -0.2) is 4.98 Å². The molecule has 152 valence electrons. The van der Waals surface area contributed by atoms with Crippen molar-refractivity contribution >= 4 is 64.5 Å². The highest BCUT2D eigenvalue weighted by Crippen LogP contribution is 2.32. The number of nitrogens with zero attached hydrogens (tertiary/aromatic N) is 3. The molecule has 0 bridgehead atoms. The third-order valence-electron chi connectivity index (χ3n) is 4.87. The minimum atomic E-state index is -0.0161. The van der Waals surface area contributed by atoms with E-state index in [4.69, 9.17) is 9.72 Å². The summed E-state index contributed by atoms with van der Waals surface area (Å²) in [5, 5.41) is 0.744. The maximum Gasteiger partial charge on any atom is 0.260 e. The van der Waals surface area contributed by atoms with Gasteiger partial charge < -0.3 is 4.74 Å². The van der Waals surface area contributed by atoms with E-state index < -0.39 is 0 Å². The fourth-order valence-electron chi connectivity index (χ4n) is 3.31. The number of carbonyl (C=O) groups excluding carboxylic acids is 1. The summed E-state index contributed by atoms with van der Waals surface area (Å²) in [5.41, 5.74) is 1.58. The van der Waals surface area contributed by atoms with Crippen LogP contribution in [-0.2, 0) is 4.74 Å². The summed E-state index contributed by atoms with van der Waals surface area (Å²) >= 11 is 8.51. The normalized spacial score (nSPS) is 15.0. The Morgan fingerprint density at radius 2 is 1.83 bits per heavy atom. The van der Waals surface area contributed by atoms with Gasteiger partial charge in [0.05, 0.1) is 23.4 Å². The lowest BCUT2D eigenvalue weighted by molar-refractivity contribution is 0.0376. The van der Waals surface area contributed by atoms with Gasteiger partial charge in [-0.2, -0.15) is 0 Å². The van der Waals surface area contributed by atoms with Crippen molar-refractivity contribution in [3.8, 4) is 0 Å². The van der Waals surface area contributed by atoms with Gasteiger partial charge in [0.2, 0.25) is 0 Å². The number of aromatic nitrogens is 1. The van der Waals surface area contributed by atoms with E-state index in [-0.39, 0.29) is 5.91 Å². The number of amides is 1. The lowest BCUT2D eigenvalue weighted by atomic mass is 10.2. The van der Waals surface area contributed by atoms with Crippen molar-refractivity contribution in [2.45, 2.75) is 6.42 Å². The molecule has 3 aromatic rings. The van der Waals surface area contributed by atoms with Crippen LogP contribution in [0.1, 0.15) is 16.8 Å². The molecule has 0 N–H and O–H groups in total. The number of anilines is 1. The van der Waals surface area contributed by atoms with Gasteiger partial charge in [-0.1, -0.05) is 43.2 Å². The molecule has 0 aliphatic carbocycles. The highest BCUT2D eigenvalue weighted by Gasteiger charge is 2.22. The molecule has 29 heavy (non-hydrogen) atoms. The quantitative estimate of drug-likeness (QED) is 0.433. The average Bonchev–Trinajstić information content (AvgIpc) is 3.15. The standard InChI is InChI=1S/C21H21Br2N3O2S/c22-16-4-2-15(3-5-16)20(27)26(9-1-8-25-10-12-28-13-11-25)21-24-18-7-6-17(23)14-19(18)29-21/h2-7,14H,1,8-13H2. The predicted molar refractivity (Wildman–Crippen MR) is 125 cm³/mol. The molecule has 0 saturated carbocycles. The van der Waals surface area contributed by atoms with E-state index in [1.165, 1.54) is 0 Å². The molecule has 4 rings (SSSR count). The molecule has 1 aromatic heterocycles. The summed E-state index contributed by atoms with van der Waals surface area (Å²) in [5.74, 6) is -0.0161. The van der Waals surface area contributed by atoms with Gasteiger partial charge in [-0.05, 0) is 48.9 Å². The molecular weight excluding hydrogens is 518 g/mol. The van der Waals surface area contributed by atoms with Crippen LogP contribution in [0, 0.1) is 0 Å². The van der Waals surface area contributed by atoms with Gasteiger partial charge >= 0.3 is 0 Å². The first-order valence-electron chi connectivity index (χ1n) is 9.54. The maximum atomic E-state index is 13.3. The zero-order chi connectivity index (χ0) is 20.2. The van der Waals surface area contributed by atoms with E-state index in [2.05, 4.69) is 36.8 Å². The first kappa shape index (κ1) is 20.9. The molecule has 1 aliphatic heterocycles. The lowest BCUT2D eigenvalue weighted by Crippen LogP contribution is -2.39. The summed E-state index contributed by atoms with van der Waals surface area (Å²) < 4.78 is 8.46. The number of rotatable bonds is 6. The van der Waals surface area contributed by atoms with Gasteiger partial charge in [0.25, 0.3) is 5.91 Å². The Kier molecular flexibility index (Phi) is 6.97. The van der Waals surface area contributed by atoms with E-state index in [1.807, 2.05) is 47.4 Å². The topological polar surface area (TPSA) is 45.7 Å². The van der Waals surface area contributed by atoms with Crippen LogP contribution in [0.2, 0.25) is 0 Å². The second kappa shape index (κ2) is 9.66. The minimum Gasteiger partial charge on any atom is -0.379 e. The summed E-state index contributed by atoms with van der Waals surface area (Å²) in [6.07, 6.45) is 0.891. The molecule has 2 aromatic carbocycles. The van der Waals surface area contributed by atoms with Crippen LogP contribution in [-0.4, -0.2) is 55.2 Å². The monoisotopic (exact) mass is 537 g/mol. The molecule has 1 aliphatic rings. The van der Waals surface area contributed by atoms with Crippen LogP contribution in [0.3, 0.4) is 0 Å². The van der Waals surface area contributed by atoms with Crippen molar-refractivity contribution in [3.05, 3.63) is 57.0 Å². The van der Waals surface area contributed by atoms with Crippen molar-refractivity contribution in [1.29, 1.82) is 0 Å². The Morgan fingerprint density at radius 3 is 2.59 bits per heavy atom. The van der Waals surface area contributed by atoms with Gasteiger partial charge in [-0.3, -0.25) is 14.6 Å². The van der Waals surface area contributed by atoms with Crippen molar-refractivity contribution < 1.29 is 9.53 Å². The molecule has 1 saturated heterocycles. The molecule has 1 amide bonds. The molecule has 0 atom stereocenters. The Bertz CT molecular complexity index is 987. The van der Waals surface area contributed by atoms with Crippen LogP contribution in [0.15, 0.2) is 51.4 Å². The summed E-state index contributed by atoms with van der Waals surface area (Å²) in [4.78, 5) is 22.3. The van der Waals surface area contributed by atoms with Crippen molar-refractivity contribution in [2.75, 3.05) is 44.3 Å². The number of benzene rings is 2. The second-order valence-electron chi connectivity index (χ2n) is 6.88. The smallest absolute Gasteiger partial charge is 0.260 e. The first-order valence-corrected chi connectivity index (χ1v) is 11.9. The molecule has 1 fully saturated rings. The number of carbonyl (C=O) groups is 1. The Labute approximate surface area is 190 Å². The third-order valence-corrected chi connectivity index (χ3v) is 6.93. The summed E-state index contributed by atoms with van der Waals surface area (Å²) in [6, 6.07) is 13.5.